The second kappa shape index (κ2) is 28.2. The predicted octanol–water partition coefficient (Wildman–Crippen LogP) is 11.5. The summed E-state index contributed by atoms with van der Waals surface area (Å²) in [4.78, 5) is 138. The van der Waals surface area contributed by atoms with E-state index < -0.39 is 59.1 Å². The highest BCUT2D eigenvalue weighted by molar-refractivity contribution is 5.98. The lowest BCUT2D eigenvalue weighted by molar-refractivity contribution is -0.167. The highest BCUT2D eigenvalue weighted by atomic mass is 16.6. The Morgan fingerprint density at radius 3 is 0.862 bits per heavy atom. The lowest BCUT2D eigenvalue weighted by Crippen LogP contribution is -2.37. The first-order valence-electron chi connectivity index (χ1n) is 30.7. The Morgan fingerprint density at radius 1 is 0.266 bits per heavy atom. The lowest BCUT2D eigenvalue weighted by Gasteiger charge is -2.35. The zero-order chi connectivity index (χ0) is 67.2. The second-order valence-corrected chi connectivity index (χ2v) is 25.2. The second-order valence-electron chi connectivity index (χ2n) is 25.2. The molecule has 0 N–H and O–H groups in total. The monoisotopic (exact) mass is 1280 g/mol. The highest BCUT2D eigenvalue weighted by Gasteiger charge is 2.41. The summed E-state index contributed by atoms with van der Waals surface area (Å²) in [6.45, 7) is 18.8. The number of allylic oxidation sites excluding steroid dienone is 4. The van der Waals surface area contributed by atoms with Crippen molar-refractivity contribution in [2.45, 2.75) is 150 Å². The molecule has 5 aromatic carbocycles. The normalized spacial score (nSPS) is 23.9. The van der Waals surface area contributed by atoms with Gasteiger partial charge in [0.2, 0.25) is 0 Å². The van der Waals surface area contributed by atoms with Crippen LogP contribution in [0.1, 0.15) is 184 Å². The minimum atomic E-state index is -0.555. The minimum absolute atomic E-state index is 0.0699. The van der Waals surface area contributed by atoms with Crippen molar-refractivity contribution in [3.05, 3.63) is 215 Å². The van der Waals surface area contributed by atoms with Gasteiger partial charge >= 0.3 is 71.6 Å². The van der Waals surface area contributed by atoms with Crippen LogP contribution in [0.25, 0.3) is 11.1 Å². The van der Waals surface area contributed by atoms with Crippen LogP contribution in [0, 0.1) is 0 Å². The third-order valence-corrected chi connectivity index (χ3v) is 17.9. The topological polar surface area (TPSA) is 279 Å². The summed E-state index contributed by atoms with van der Waals surface area (Å²) in [6.07, 6.45) is 4.68. The summed E-state index contributed by atoms with van der Waals surface area (Å²) in [5.74, 6) is -3.94. The molecule has 20 heteroatoms. The molecule has 0 amide bonds. The van der Waals surface area contributed by atoms with Gasteiger partial charge in [0.1, 0.15) is 23.0 Å². The summed E-state index contributed by atoms with van der Waals surface area (Å²) < 4.78 is 38.2. The van der Waals surface area contributed by atoms with Gasteiger partial charge in [-0.1, -0.05) is 161 Å². The zero-order valence-electron chi connectivity index (χ0n) is 51.9. The molecule has 0 aromatic heterocycles. The molecule has 13 rings (SSSR count). The first kappa shape index (κ1) is 66.4. The summed E-state index contributed by atoms with van der Waals surface area (Å²) >= 11 is 0. The van der Waals surface area contributed by atoms with Gasteiger partial charge in [0.05, 0.1) is 76.0 Å². The van der Waals surface area contributed by atoms with Crippen LogP contribution in [0.4, 0.5) is 0 Å². The molecule has 484 valence electrons. The van der Waals surface area contributed by atoms with E-state index in [9.17, 15) is 57.5 Å². The predicted molar refractivity (Wildman–Crippen MR) is 332 cm³/mol. The number of benzene rings is 5. The van der Waals surface area contributed by atoms with Crippen LogP contribution in [0.3, 0.4) is 0 Å². The average molecular weight is 1280 g/mol. The number of carbonyl (C=O) groups excluding carboxylic acids is 12. The van der Waals surface area contributed by atoms with E-state index in [4.69, 9.17) is 18.9 Å². The third kappa shape index (κ3) is 16.4. The first-order chi connectivity index (χ1) is 44.7. The molecular formula is C74H68O20. The summed E-state index contributed by atoms with van der Waals surface area (Å²) in [7, 11) is 0. The zero-order valence-corrected chi connectivity index (χ0v) is 51.9. The van der Waals surface area contributed by atoms with E-state index in [1.807, 2.05) is 111 Å². The van der Waals surface area contributed by atoms with Crippen LogP contribution in [0.2, 0.25) is 0 Å². The Kier molecular flexibility index (Phi) is 19.9. The number of cyclic esters (lactones) is 12. The number of esters is 12. The Hall–Kier alpha value is -10.5. The molecule has 0 spiro atoms. The van der Waals surface area contributed by atoms with Crippen LogP contribution in [-0.4, -0.2) is 71.6 Å². The van der Waals surface area contributed by atoms with Crippen molar-refractivity contribution in [2.75, 3.05) is 0 Å². The van der Waals surface area contributed by atoms with Crippen LogP contribution >= 0.6 is 0 Å². The maximum Gasteiger partial charge on any atom is 0.321 e. The van der Waals surface area contributed by atoms with Crippen molar-refractivity contribution in [3.63, 3.8) is 0 Å². The molecule has 20 nitrogen and oxygen atoms in total. The van der Waals surface area contributed by atoms with Crippen molar-refractivity contribution in [1.29, 1.82) is 0 Å². The van der Waals surface area contributed by atoms with E-state index >= 15 is 0 Å². The minimum Gasteiger partial charge on any atom is -0.432 e. The molecule has 8 saturated heterocycles. The Morgan fingerprint density at radius 2 is 0.532 bits per heavy atom. The average Bonchev–Trinajstić information content (AvgIpc) is 1.01. The number of hydrogen-bond acceptors (Lipinski definition) is 20. The van der Waals surface area contributed by atoms with Gasteiger partial charge in [0, 0.05) is 60.2 Å². The van der Waals surface area contributed by atoms with Crippen molar-refractivity contribution in [1.82, 2.24) is 0 Å². The molecule has 0 radical (unpaired) electrons. The number of ether oxygens (including phenoxy) is 8. The first-order valence-corrected chi connectivity index (χ1v) is 30.7. The van der Waals surface area contributed by atoms with Crippen molar-refractivity contribution < 1.29 is 95.4 Å². The molecule has 8 aliphatic heterocycles. The van der Waals surface area contributed by atoms with Gasteiger partial charge in [-0.2, -0.15) is 0 Å². The maximum absolute atomic E-state index is 11.7. The van der Waals surface area contributed by atoms with Crippen molar-refractivity contribution in [2.24, 2.45) is 0 Å². The summed E-state index contributed by atoms with van der Waals surface area (Å²) in [5.41, 5.74) is 8.69. The smallest absolute Gasteiger partial charge is 0.321 e. The fourth-order valence-electron chi connectivity index (χ4n) is 13.0. The molecule has 8 aliphatic rings. The molecular weight excluding hydrogens is 1210 g/mol. The third-order valence-electron chi connectivity index (χ3n) is 17.9. The van der Waals surface area contributed by atoms with Gasteiger partial charge in [-0.05, 0) is 55.6 Å². The number of hydrogen-bond donors (Lipinski definition) is 0. The van der Waals surface area contributed by atoms with Crippen LogP contribution in [0.15, 0.2) is 171 Å². The highest BCUT2D eigenvalue weighted by Crippen LogP contribution is 2.42. The Balaban J connectivity index is 0.000000138. The molecule has 8 heterocycles. The summed E-state index contributed by atoms with van der Waals surface area (Å²) in [6, 6.07) is 38.6. The van der Waals surface area contributed by atoms with Gasteiger partial charge in [-0.3, -0.25) is 57.5 Å². The fourth-order valence-corrected chi connectivity index (χ4v) is 13.0. The Labute approximate surface area is 541 Å². The lowest BCUT2D eigenvalue weighted by atomic mass is 9.72. The fraction of sp³-hybridized carbons (Fsp3) is 0.324. The van der Waals surface area contributed by atoms with Gasteiger partial charge in [0.15, 0.2) is 0 Å². The van der Waals surface area contributed by atoms with Crippen LogP contribution in [0.5, 0.6) is 0 Å². The van der Waals surface area contributed by atoms with E-state index in [0.29, 0.717) is 68.0 Å². The van der Waals surface area contributed by atoms with E-state index in [0.717, 1.165) is 55.6 Å². The molecule has 5 aromatic rings. The quantitative estimate of drug-likeness (QED) is 0.0753. The van der Waals surface area contributed by atoms with Crippen LogP contribution in [-0.2, 0) is 106 Å². The Bertz CT molecular complexity index is 3600. The molecule has 5 atom stereocenters. The van der Waals surface area contributed by atoms with Gasteiger partial charge in [-0.15, -0.1) is 0 Å². The van der Waals surface area contributed by atoms with Crippen molar-refractivity contribution in [3.8, 4) is 11.1 Å². The van der Waals surface area contributed by atoms with Gasteiger partial charge in [0.25, 0.3) is 0 Å². The molecule has 5 unspecified atom stereocenters. The molecule has 0 saturated carbocycles. The summed E-state index contributed by atoms with van der Waals surface area (Å²) in [5, 5.41) is 0. The number of rotatable bonds is 9. The molecule has 8 fully saturated rings. The van der Waals surface area contributed by atoms with E-state index in [2.05, 4.69) is 45.3 Å². The molecule has 94 heavy (non-hydrogen) atoms. The molecule has 0 aliphatic carbocycles. The molecule has 0 bridgehead atoms. The largest absolute Gasteiger partial charge is 0.432 e. The maximum atomic E-state index is 11.7. The van der Waals surface area contributed by atoms with Crippen LogP contribution < -0.4 is 0 Å². The van der Waals surface area contributed by atoms with Gasteiger partial charge < -0.3 is 37.9 Å². The van der Waals surface area contributed by atoms with Gasteiger partial charge in [-0.25, -0.2) is 0 Å². The standard InChI is InChI=1S/C23H20O5.C19H20O5.C17H16O5.C15H12O5/c1-14-10-19(11-21(24)27-14)17-6-2-15(3-7-17)16-4-8-18(9-5-16)20-12-22(25)28-23(26)13-20;1-12-8-18(2,9-15(20)23-12)13-4-6-14(7-5-13)19(3)10-16(21)24-17(22)11-19;1-10-6-13(7-15(18)21-10)11-2-4-12(5-3-11)14-8-16(19)22-17(20)9-14;1-8-6-11(14(17)19-8)9-2-4-10(5-3-9)12-7-13(16)20-15(12)18/h2-9,19-20H,1,10-13H2;4-7H,1,8-11H2,2-3H3;2-5,13-14H,1,6-9H2;2-5,11-12H,1,6-7H2. The van der Waals surface area contributed by atoms with E-state index in [-0.39, 0.29) is 104 Å². The van der Waals surface area contributed by atoms with E-state index in [1.54, 1.807) is 24.3 Å². The number of carbonyl (C=O) groups is 12. The SMILES string of the molecule is C=C1CC(C)(c2ccc(C3(C)CC(=O)OC(=O)C3)cc2)CC(=O)O1.C=C1CC(c2ccc(-c3ccc(C4CC(=O)OC(=O)C4)cc3)cc2)CC(=O)O1.C=C1CC(c2ccc(C3CC(=O)OC(=O)C3)cc2)CC(=O)O1.C=C1CC(c2ccc(C3CC(=O)OC3=O)cc2)C(=O)O1. The van der Waals surface area contributed by atoms with Crippen molar-refractivity contribution >= 4 is 71.6 Å². The van der Waals surface area contributed by atoms with E-state index in [1.165, 1.54) is 0 Å².